The molecule has 0 spiro atoms. The van der Waals surface area contributed by atoms with Crippen LogP contribution >= 0.6 is 0 Å². The summed E-state index contributed by atoms with van der Waals surface area (Å²) in [4.78, 5) is 13.2. The fraction of sp³-hybridized carbons (Fsp3) is 0.475. The van der Waals surface area contributed by atoms with Crippen molar-refractivity contribution < 1.29 is 151 Å². The van der Waals surface area contributed by atoms with Crippen LogP contribution in [0.4, 0.5) is 132 Å². The molecule has 0 aliphatic heterocycles. The second-order valence-corrected chi connectivity index (χ2v) is 15.4. The molecule has 0 aromatic heterocycles. The Bertz CT molecular complexity index is 2480. The Kier molecular flexibility index (Phi) is 16.5. The lowest BCUT2D eigenvalue weighted by molar-refractivity contribution is -0.456. The van der Waals surface area contributed by atoms with Gasteiger partial charge in [0.2, 0.25) is 0 Å². The van der Waals surface area contributed by atoms with Crippen molar-refractivity contribution in [1.29, 1.82) is 0 Å². The number of rotatable bonds is 20. The fourth-order valence-electron chi connectivity index (χ4n) is 6.08. The Morgan fingerprint density at radius 1 is 0.419 bits per heavy atom. The molecule has 3 aromatic rings. The van der Waals surface area contributed by atoms with Crippen molar-refractivity contribution in [3.8, 4) is 11.1 Å². The predicted molar refractivity (Wildman–Crippen MR) is 188 cm³/mol. The summed E-state index contributed by atoms with van der Waals surface area (Å²) in [6.07, 6.45) is -27.6. The van der Waals surface area contributed by atoms with E-state index in [1.165, 1.54) is 30.3 Å². The zero-order chi connectivity index (χ0) is 58.1. The molecule has 418 valence electrons. The molecule has 0 saturated heterocycles. The van der Waals surface area contributed by atoms with Gasteiger partial charge in [0, 0.05) is 5.56 Å². The molecule has 0 heterocycles. The quantitative estimate of drug-likeness (QED) is 0.0874. The fourth-order valence-corrected chi connectivity index (χ4v) is 6.08. The van der Waals surface area contributed by atoms with Crippen LogP contribution < -0.4 is 0 Å². The Balaban J connectivity index is 2.42. The van der Waals surface area contributed by atoms with Crippen molar-refractivity contribution in [3.05, 3.63) is 102 Å². The summed E-state index contributed by atoms with van der Waals surface area (Å²) >= 11 is 0. The van der Waals surface area contributed by atoms with Gasteiger partial charge in [0.15, 0.2) is 6.10 Å². The third-order valence-electron chi connectivity index (χ3n) is 10.6. The topological polar surface area (TPSA) is 66.8 Å². The van der Waals surface area contributed by atoms with Gasteiger partial charge < -0.3 is 14.9 Å². The standard InChI is InChI=1S/C40H24F30O4/c1-17(23(71)16-15-18-9-3-2-4-10-18)26(73)74-25(28(43,44)30(47,48)32(51,52)34(55,56)36(59,60)38(63,64)40(68,69)70)22-14-8-6-12-20(22)19-11-5-7-13-21(19)24(72)27(41,42)29(45,46)31(49,50)33(53,54)35(57,58)37(61,62)39(65,66)67/h2-17,23-25,71-72H,1H3/b16-15+/t17-,23-,24-,25-/m1/s1. The van der Waals surface area contributed by atoms with Crippen LogP contribution in [0, 0.1) is 5.92 Å². The van der Waals surface area contributed by atoms with E-state index in [1.807, 2.05) is 0 Å². The Morgan fingerprint density at radius 2 is 0.730 bits per heavy atom. The maximum absolute atomic E-state index is 16.3. The molecule has 0 fully saturated rings. The molecule has 2 N–H and O–H groups in total. The first kappa shape index (κ1) is 63.0. The number of alkyl halides is 30. The van der Waals surface area contributed by atoms with Gasteiger partial charge >= 0.3 is 89.4 Å². The van der Waals surface area contributed by atoms with Crippen LogP contribution in [0.5, 0.6) is 0 Å². The number of hydrogen-bond donors (Lipinski definition) is 2. The number of benzene rings is 3. The molecule has 0 saturated carbocycles. The van der Waals surface area contributed by atoms with E-state index in [0.717, 1.165) is 6.08 Å². The van der Waals surface area contributed by atoms with Crippen molar-refractivity contribution in [2.75, 3.05) is 0 Å². The third-order valence-corrected chi connectivity index (χ3v) is 10.6. The number of hydrogen-bond acceptors (Lipinski definition) is 4. The van der Waals surface area contributed by atoms with E-state index in [4.69, 9.17) is 0 Å². The highest BCUT2D eigenvalue weighted by atomic mass is 19.4. The minimum absolute atomic E-state index is 0.101. The second kappa shape index (κ2) is 19.4. The van der Waals surface area contributed by atoms with Gasteiger partial charge in [-0.15, -0.1) is 0 Å². The SMILES string of the molecule is C[C@@H](C(=O)O[C@H](c1ccccc1-c1ccccc1[C@@H](O)C(F)(F)C(F)(F)C(F)(F)C(F)(F)C(F)(F)C(F)(F)C(F)(F)F)C(F)(F)C(F)(F)C(F)(F)C(F)(F)C(F)(F)C(F)(F)C(F)(F)F)[C@H](O)/C=C/c1ccccc1. The Labute approximate surface area is 391 Å². The summed E-state index contributed by atoms with van der Waals surface area (Å²) in [6.45, 7) is 0.359. The average Bonchev–Trinajstić information content (AvgIpc) is 3.28. The van der Waals surface area contributed by atoms with E-state index in [1.54, 1.807) is 0 Å². The Morgan fingerprint density at radius 3 is 1.12 bits per heavy atom. The molecule has 3 aromatic carbocycles. The van der Waals surface area contributed by atoms with Gasteiger partial charge in [-0.2, -0.15) is 132 Å². The summed E-state index contributed by atoms with van der Waals surface area (Å²) in [5.41, 5.74) is -8.84. The smallest absolute Gasteiger partial charge is 0.450 e. The molecule has 74 heavy (non-hydrogen) atoms. The average molecular weight is 1140 g/mol. The lowest BCUT2D eigenvalue weighted by Gasteiger charge is -2.43. The molecule has 0 aliphatic rings. The number of ether oxygens (including phenoxy) is 1. The number of halogens is 30. The number of carbonyl (C=O) groups is 1. The molecule has 0 amide bonds. The normalized spacial score (nSPS) is 16.8. The highest BCUT2D eigenvalue weighted by Crippen LogP contribution is 2.66. The molecule has 0 aliphatic carbocycles. The van der Waals surface area contributed by atoms with Crippen LogP contribution in [-0.4, -0.2) is 106 Å². The van der Waals surface area contributed by atoms with E-state index in [-0.39, 0.29) is 54.1 Å². The van der Waals surface area contributed by atoms with E-state index < -0.39 is 136 Å². The van der Waals surface area contributed by atoms with Crippen LogP contribution in [0.1, 0.15) is 35.8 Å². The lowest BCUT2D eigenvalue weighted by Crippen LogP contribution is -2.73. The van der Waals surface area contributed by atoms with Gasteiger partial charge in [-0.3, -0.25) is 4.79 Å². The zero-order valence-electron chi connectivity index (χ0n) is 35.0. The van der Waals surface area contributed by atoms with Gasteiger partial charge in [0.1, 0.15) is 6.10 Å². The molecule has 4 atom stereocenters. The maximum atomic E-state index is 16.3. The first-order chi connectivity index (χ1) is 32.8. The minimum atomic E-state index is -9.04. The highest BCUT2D eigenvalue weighted by molar-refractivity contribution is 5.76. The lowest BCUT2D eigenvalue weighted by atomic mass is 9.83. The second-order valence-electron chi connectivity index (χ2n) is 15.4. The molecule has 0 bridgehead atoms. The summed E-state index contributed by atoms with van der Waals surface area (Å²) < 4.78 is 432. The first-order valence-electron chi connectivity index (χ1n) is 19.0. The van der Waals surface area contributed by atoms with Crippen molar-refractivity contribution in [3.63, 3.8) is 0 Å². The number of esters is 1. The largest absolute Gasteiger partial charge is 0.460 e. The van der Waals surface area contributed by atoms with Crippen molar-refractivity contribution in [1.82, 2.24) is 0 Å². The molecular formula is C40H24F30O4. The molecule has 34 heteroatoms. The van der Waals surface area contributed by atoms with Crippen LogP contribution in [0.3, 0.4) is 0 Å². The first-order valence-corrected chi connectivity index (χ1v) is 19.0. The van der Waals surface area contributed by atoms with Gasteiger partial charge in [-0.05, 0) is 29.2 Å². The summed E-state index contributed by atoms with van der Waals surface area (Å²) in [5, 5.41) is 20.9. The van der Waals surface area contributed by atoms with E-state index in [0.29, 0.717) is 13.0 Å². The number of carbonyl (C=O) groups excluding carboxylic acids is 1. The van der Waals surface area contributed by atoms with Crippen LogP contribution in [0.25, 0.3) is 17.2 Å². The predicted octanol–water partition coefficient (Wildman–Crippen LogP) is 14.4. The van der Waals surface area contributed by atoms with E-state index in [9.17, 15) is 112 Å². The summed E-state index contributed by atoms with van der Waals surface area (Å²) in [5.74, 6) is -109. The molecule has 3 rings (SSSR count). The number of aliphatic hydroxyl groups excluding tert-OH is 2. The van der Waals surface area contributed by atoms with E-state index in [2.05, 4.69) is 4.74 Å². The van der Waals surface area contributed by atoms with Gasteiger partial charge in [-0.25, -0.2) is 0 Å². The van der Waals surface area contributed by atoms with Crippen molar-refractivity contribution >= 4 is 12.0 Å². The van der Waals surface area contributed by atoms with Crippen molar-refractivity contribution in [2.24, 2.45) is 5.92 Å². The van der Waals surface area contributed by atoms with Gasteiger partial charge in [0.25, 0.3) is 0 Å². The third kappa shape index (κ3) is 9.54. The van der Waals surface area contributed by atoms with Crippen LogP contribution in [0.15, 0.2) is 84.9 Å². The van der Waals surface area contributed by atoms with Crippen LogP contribution in [-0.2, 0) is 9.53 Å². The summed E-state index contributed by atoms with van der Waals surface area (Å²) in [6, 6.07) is 6.37. The van der Waals surface area contributed by atoms with Gasteiger partial charge in [0.05, 0.1) is 12.0 Å². The molecule has 4 nitrogen and oxygen atoms in total. The van der Waals surface area contributed by atoms with Crippen LogP contribution in [0.2, 0.25) is 0 Å². The molecule has 0 radical (unpaired) electrons. The minimum Gasteiger partial charge on any atom is -0.450 e. The van der Waals surface area contributed by atoms with E-state index >= 15 is 35.1 Å². The zero-order valence-corrected chi connectivity index (χ0v) is 35.0. The number of aliphatic hydroxyl groups is 2. The molecule has 0 unspecified atom stereocenters. The maximum Gasteiger partial charge on any atom is 0.460 e. The molecular weight excluding hydrogens is 1110 g/mol. The highest BCUT2D eigenvalue weighted by Gasteiger charge is 2.95. The van der Waals surface area contributed by atoms with Crippen molar-refractivity contribution in [2.45, 2.75) is 109 Å². The Hall–Kier alpha value is -5.31. The summed E-state index contributed by atoms with van der Waals surface area (Å²) in [7, 11) is 0. The van der Waals surface area contributed by atoms with Gasteiger partial charge in [-0.1, -0.05) is 91.0 Å². The monoisotopic (exact) mass is 1140 g/mol.